The van der Waals surface area contributed by atoms with Crippen LogP contribution in [-0.4, -0.2) is 55.7 Å². The minimum atomic E-state index is -0.990. The number of rotatable bonds is 5. The number of amides is 1. The van der Waals surface area contributed by atoms with Crippen LogP contribution in [0.3, 0.4) is 0 Å². The lowest BCUT2D eigenvalue weighted by Gasteiger charge is -2.26. The van der Waals surface area contributed by atoms with Crippen LogP contribution >= 0.6 is 0 Å². The summed E-state index contributed by atoms with van der Waals surface area (Å²) in [7, 11) is 0. The molecule has 0 radical (unpaired) electrons. The van der Waals surface area contributed by atoms with Crippen LogP contribution in [-0.2, 0) is 9.53 Å². The molecule has 28 heavy (non-hydrogen) atoms. The summed E-state index contributed by atoms with van der Waals surface area (Å²) in [6.07, 6.45) is 3.69. The van der Waals surface area contributed by atoms with Crippen LogP contribution in [0.25, 0.3) is 16.5 Å². The van der Waals surface area contributed by atoms with E-state index in [2.05, 4.69) is 20.6 Å². The number of nitrogens with one attached hydrogen (secondary N) is 1. The Morgan fingerprint density at radius 3 is 2.96 bits per heavy atom. The summed E-state index contributed by atoms with van der Waals surface area (Å²) in [4.78, 5) is 28.2. The van der Waals surface area contributed by atoms with E-state index in [1.54, 1.807) is 24.0 Å². The highest BCUT2D eigenvalue weighted by atomic mass is 16.5. The average molecular weight is 381 g/mol. The molecule has 1 fully saturated rings. The van der Waals surface area contributed by atoms with Gasteiger partial charge in [-0.25, -0.2) is 4.68 Å². The van der Waals surface area contributed by atoms with Crippen molar-refractivity contribution in [3.05, 3.63) is 48.0 Å². The molecular weight excluding hydrogens is 362 g/mol. The van der Waals surface area contributed by atoms with Gasteiger partial charge in [-0.2, -0.15) is 0 Å². The van der Waals surface area contributed by atoms with Crippen LogP contribution < -0.4 is 5.32 Å². The maximum atomic E-state index is 12.8. The number of hydrogen-bond donors (Lipinski definition) is 2. The summed E-state index contributed by atoms with van der Waals surface area (Å²) in [5, 5.41) is 22.1. The van der Waals surface area contributed by atoms with E-state index in [1.165, 1.54) is 0 Å². The number of nitrogens with zero attached hydrogens (tertiary/aromatic N) is 4. The van der Waals surface area contributed by atoms with Crippen molar-refractivity contribution in [2.45, 2.75) is 25.3 Å². The van der Waals surface area contributed by atoms with Crippen LogP contribution in [0.5, 0.6) is 0 Å². The van der Waals surface area contributed by atoms with Gasteiger partial charge in [-0.3, -0.25) is 14.6 Å². The number of ether oxygens (including phenoxy) is 1. The number of hydrogen-bond acceptors (Lipinski definition) is 6. The van der Waals surface area contributed by atoms with Gasteiger partial charge in [0.2, 0.25) is 0 Å². The number of fused-ring (bicyclic) bond motifs is 1. The summed E-state index contributed by atoms with van der Waals surface area (Å²) in [6.45, 7) is 2.32. The van der Waals surface area contributed by atoms with E-state index >= 15 is 0 Å². The molecule has 9 nitrogen and oxygen atoms in total. The summed E-state index contributed by atoms with van der Waals surface area (Å²) in [5.74, 6) is -1.45. The quantitative estimate of drug-likeness (QED) is 0.687. The van der Waals surface area contributed by atoms with Crippen molar-refractivity contribution in [2.75, 3.05) is 13.2 Å². The molecule has 1 aliphatic rings. The largest absolute Gasteiger partial charge is 0.481 e. The Morgan fingerprint density at radius 2 is 2.21 bits per heavy atom. The molecule has 1 aliphatic heterocycles. The highest BCUT2D eigenvalue weighted by Crippen LogP contribution is 2.25. The van der Waals surface area contributed by atoms with E-state index in [1.807, 2.05) is 24.3 Å². The molecule has 1 aromatic carbocycles. The third-order valence-corrected chi connectivity index (χ3v) is 4.97. The third kappa shape index (κ3) is 3.20. The number of benzene rings is 1. The van der Waals surface area contributed by atoms with Crippen LogP contribution in [0.1, 0.15) is 29.0 Å². The first kappa shape index (κ1) is 18.1. The second kappa shape index (κ2) is 7.01. The molecule has 4 rings (SSSR count). The van der Waals surface area contributed by atoms with E-state index < -0.39 is 17.4 Å². The molecule has 144 valence electrons. The van der Waals surface area contributed by atoms with E-state index in [4.69, 9.17) is 4.74 Å². The molecule has 0 bridgehead atoms. The maximum Gasteiger partial charge on any atom is 0.305 e. The second-order valence-electron chi connectivity index (χ2n) is 6.92. The van der Waals surface area contributed by atoms with E-state index in [0.29, 0.717) is 18.7 Å². The van der Waals surface area contributed by atoms with Gasteiger partial charge in [-0.05, 0) is 25.5 Å². The molecular formula is C19H19N5O4. The van der Waals surface area contributed by atoms with Crippen LogP contribution in [0, 0.1) is 6.92 Å². The summed E-state index contributed by atoms with van der Waals surface area (Å²) >= 11 is 0. The Kier molecular flexibility index (Phi) is 4.52. The molecule has 2 aromatic heterocycles. The van der Waals surface area contributed by atoms with Crippen LogP contribution in [0.2, 0.25) is 0 Å². The Labute approximate surface area is 160 Å². The van der Waals surface area contributed by atoms with Crippen molar-refractivity contribution in [3.63, 3.8) is 0 Å². The maximum absolute atomic E-state index is 12.8. The van der Waals surface area contributed by atoms with Crippen molar-refractivity contribution >= 4 is 22.6 Å². The smallest absolute Gasteiger partial charge is 0.305 e. The first-order chi connectivity index (χ1) is 13.5. The number of aromatic nitrogens is 4. The van der Waals surface area contributed by atoms with Crippen LogP contribution in [0.4, 0.5) is 0 Å². The van der Waals surface area contributed by atoms with Gasteiger partial charge in [0.25, 0.3) is 5.91 Å². The molecule has 1 saturated heterocycles. The molecule has 1 amide bonds. The van der Waals surface area contributed by atoms with Crippen LogP contribution in [0.15, 0.2) is 36.7 Å². The molecule has 0 spiro atoms. The lowest BCUT2D eigenvalue weighted by atomic mass is 9.94. The highest BCUT2D eigenvalue weighted by molar-refractivity contribution is 5.95. The fourth-order valence-electron chi connectivity index (χ4n) is 3.54. The molecule has 0 saturated carbocycles. The zero-order valence-corrected chi connectivity index (χ0v) is 15.3. The number of pyridine rings is 1. The Balaban J connectivity index is 1.66. The van der Waals surface area contributed by atoms with Crippen molar-refractivity contribution < 1.29 is 19.4 Å². The zero-order valence-electron chi connectivity index (χ0n) is 15.3. The third-order valence-electron chi connectivity index (χ3n) is 4.97. The SMILES string of the molecule is Cc1c(C(=O)NC2(CC(=O)O)CCOC2)nnn1-c1cccc2cnccc12. The van der Waals surface area contributed by atoms with Gasteiger partial charge in [0.15, 0.2) is 5.69 Å². The van der Waals surface area contributed by atoms with Gasteiger partial charge in [-0.1, -0.05) is 17.3 Å². The van der Waals surface area contributed by atoms with E-state index in [-0.39, 0.29) is 18.7 Å². The topological polar surface area (TPSA) is 119 Å². The summed E-state index contributed by atoms with van der Waals surface area (Å²) in [5.41, 5.74) is 0.576. The first-order valence-corrected chi connectivity index (χ1v) is 8.87. The average Bonchev–Trinajstić information content (AvgIpc) is 3.27. The van der Waals surface area contributed by atoms with Gasteiger partial charge in [0.05, 0.1) is 29.9 Å². The van der Waals surface area contributed by atoms with E-state index in [9.17, 15) is 14.7 Å². The molecule has 1 atom stereocenters. The normalized spacial score (nSPS) is 19.0. The molecule has 2 N–H and O–H groups in total. The number of carbonyl (C=O) groups is 2. The van der Waals surface area contributed by atoms with E-state index in [0.717, 1.165) is 16.5 Å². The van der Waals surface area contributed by atoms with Gasteiger partial charge in [0, 0.05) is 29.8 Å². The van der Waals surface area contributed by atoms with Gasteiger partial charge in [0.1, 0.15) is 0 Å². The molecule has 1 unspecified atom stereocenters. The minimum absolute atomic E-state index is 0.155. The predicted octanol–water partition coefficient (Wildman–Crippen LogP) is 1.49. The monoisotopic (exact) mass is 381 g/mol. The fourth-order valence-corrected chi connectivity index (χ4v) is 3.54. The molecule has 0 aliphatic carbocycles. The van der Waals surface area contributed by atoms with Crippen molar-refractivity contribution in [2.24, 2.45) is 0 Å². The lowest BCUT2D eigenvalue weighted by molar-refractivity contribution is -0.138. The summed E-state index contributed by atoms with van der Waals surface area (Å²) in [6, 6.07) is 7.60. The fraction of sp³-hybridized carbons (Fsp3) is 0.316. The zero-order chi connectivity index (χ0) is 19.7. The lowest BCUT2D eigenvalue weighted by Crippen LogP contribution is -2.50. The standard InChI is InChI=1S/C19H19N5O4/c1-12-17(18(27)21-19(9-16(25)26)6-8-28-11-19)22-23-24(12)15-4-2-3-13-10-20-7-5-14(13)15/h2-5,7,10H,6,8-9,11H2,1H3,(H,21,27)(H,25,26). The predicted molar refractivity (Wildman–Crippen MR) is 99.3 cm³/mol. The van der Waals surface area contributed by atoms with Crippen molar-refractivity contribution in [1.82, 2.24) is 25.3 Å². The Hall–Kier alpha value is -3.33. The Bertz CT molecular complexity index is 1050. The highest BCUT2D eigenvalue weighted by Gasteiger charge is 2.39. The minimum Gasteiger partial charge on any atom is -0.481 e. The molecule has 3 aromatic rings. The summed E-state index contributed by atoms with van der Waals surface area (Å²) < 4.78 is 6.93. The van der Waals surface area contributed by atoms with Crippen molar-refractivity contribution in [3.8, 4) is 5.69 Å². The number of carboxylic acid groups (broad SMARTS) is 1. The van der Waals surface area contributed by atoms with Crippen molar-refractivity contribution in [1.29, 1.82) is 0 Å². The van der Waals surface area contributed by atoms with Gasteiger partial charge in [-0.15, -0.1) is 5.10 Å². The second-order valence-corrected chi connectivity index (χ2v) is 6.92. The van der Waals surface area contributed by atoms with Gasteiger partial charge < -0.3 is 15.2 Å². The van der Waals surface area contributed by atoms with Gasteiger partial charge >= 0.3 is 5.97 Å². The number of aliphatic carboxylic acids is 1. The number of carboxylic acids is 1. The first-order valence-electron chi connectivity index (χ1n) is 8.87. The Morgan fingerprint density at radius 1 is 1.36 bits per heavy atom. The molecule has 9 heteroatoms. The molecule has 3 heterocycles. The number of carbonyl (C=O) groups excluding carboxylic acids is 1.